The van der Waals surface area contributed by atoms with E-state index in [1.807, 2.05) is 6.92 Å². The van der Waals surface area contributed by atoms with E-state index in [1.54, 1.807) is 0 Å². The predicted octanol–water partition coefficient (Wildman–Crippen LogP) is 1.04. The van der Waals surface area contributed by atoms with Crippen LogP contribution in [-0.2, 0) is 4.79 Å². The zero-order valence-electron chi connectivity index (χ0n) is 8.44. The van der Waals surface area contributed by atoms with Gasteiger partial charge in [0.1, 0.15) is 0 Å². The summed E-state index contributed by atoms with van der Waals surface area (Å²) in [5.74, 6) is 0.195. The number of amides is 1. The van der Waals surface area contributed by atoms with Gasteiger partial charge in [0.25, 0.3) is 0 Å². The van der Waals surface area contributed by atoms with Crippen LogP contribution < -0.4 is 10.6 Å². The van der Waals surface area contributed by atoms with Gasteiger partial charge >= 0.3 is 0 Å². The zero-order valence-corrected chi connectivity index (χ0v) is 8.44. The average Bonchev–Trinajstić information content (AvgIpc) is 2.57. The minimum Gasteiger partial charge on any atom is -0.356 e. The number of carbonyl (C=O) groups is 1. The summed E-state index contributed by atoms with van der Waals surface area (Å²) in [7, 11) is 0. The first-order valence-electron chi connectivity index (χ1n) is 5.33. The Labute approximate surface area is 80.3 Å². The van der Waals surface area contributed by atoms with Gasteiger partial charge in [-0.1, -0.05) is 0 Å². The molecule has 76 valence electrons. The van der Waals surface area contributed by atoms with Crippen molar-refractivity contribution in [2.45, 2.75) is 45.1 Å². The van der Waals surface area contributed by atoms with E-state index >= 15 is 0 Å². The number of hydrogen-bond acceptors (Lipinski definition) is 2. The van der Waals surface area contributed by atoms with Gasteiger partial charge in [0.2, 0.25) is 5.91 Å². The molecule has 0 aromatic carbocycles. The molecule has 0 bridgehead atoms. The van der Waals surface area contributed by atoms with Crippen molar-refractivity contribution in [1.29, 1.82) is 0 Å². The van der Waals surface area contributed by atoms with Gasteiger partial charge in [-0.15, -0.1) is 0 Å². The van der Waals surface area contributed by atoms with E-state index in [0.29, 0.717) is 12.5 Å². The summed E-state index contributed by atoms with van der Waals surface area (Å²) in [5.41, 5.74) is 0. The molecule has 1 atom stereocenters. The summed E-state index contributed by atoms with van der Waals surface area (Å²) >= 11 is 0. The Morgan fingerprint density at radius 2 is 2.46 bits per heavy atom. The minimum atomic E-state index is 0.195. The van der Waals surface area contributed by atoms with Gasteiger partial charge in [0.05, 0.1) is 0 Å². The molecule has 1 aliphatic heterocycles. The topological polar surface area (TPSA) is 41.1 Å². The zero-order chi connectivity index (χ0) is 9.52. The fraction of sp³-hybridized carbons (Fsp3) is 0.900. The van der Waals surface area contributed by atoms with Gasteiger partial charge in [-0.25, -0.2) is 0 Å². The van der Waals surface area contributed by atoms with Crippen molar-refractivity contribution in [2.24, 2.45) is 0 Å². The summed E-state index contributed by atoms with van der Waals surface area (Å²) in [4.78, 5) is 11.1. The molecule has 0 aliphatic carbocycles. The highest BCUT2D eigenvalue weighted by Gasteiger charge is 2.13. The fourth-order valence-corrected chi connectivity index (χ4v) is 1.80. The van der Waals surface area contributed by atoms with Gasteiger partial charge in [-0.3, -0.25) is 4.79 Å². The lowest BCUT2D eigenvalue weighted by molar-refractivity contribution is -0.121. The summed E-state index contributed by atoms with van der Waals surface area (Å²) in [6, 6.07) is 0.675. The second-order valence-corrected chi connectivity index (χ2v) is 3.64. The number of nitrogens with one attached hydrogen (secondary N) is 2. The van der Waals surface area contributed by atoms with Crippen molar-refractivity contribution >= 4 is 5.91 Å². The molecule has 0 spiro atoms. The van der Waals surface area contributed by atoms with Crippen LogP contribution in [0.1, 0.15) is 39.0 Å². The van der Waals surface area contributed by atoms with Crippen LogP contribution in [0, 0.1) is 0 Å². The minimum absolute atomic E-state index is 0.195. The summed E-state index contributed by atoms with van der Waals surface area (Å²) in [6.45, 7) is 3.86. The molecule has 1 rings (SSSR count). The summed E-state index contributed by atoms with van der Waals surface area (Å²) in [6.07, 6.45) is 5.44. The molecule has 0 aromatic rings. The Bertz CT molecular complexity index is 153. The monoisotopic (exact) mass is 184 g/mol. The van der Waals surface area contributed by atoms with Crippen LogP contribution >= 0.6 is 0 Å². The first-order chi connectivity index (χ1) is 6.33. The van der Waals surface area contributed by atoms with E-state index in [-0.39, 0.29) is 5.91 Å². The number of rotatable bonds is 5. The number of hydrogen-bond donors (Lipinski definition) is 2. The Morgan fingerprint density at radius 3 is 3.08 bits per heavy atom. The summed E-state index contributed by atoms with van der Waals surface area (Å²) < 4.78 is 0. The lowest BCUT2D eigenvalue weighted by Crippen LogP contribution is -2.24. The molecule has 1 saturated heterocycles. The third kappa shape index (κ3) is 4.27. The molecule has 1 aliphatic rings. The average molecular weight is 184 g/mol. The molecule has 13 heavy (non-hydrogen) atoms. The molecule has 2 N–H and O–H groups in total. The van der Waals surface area contributed by atoms with Gasteiger partial charge in [-0.05, 0) is 39.2 Å². The second kappa shape index (κ2) is 5.97. The smallest absolute Gasteiger partial charge is 0.219 e. The molecule has 0 aromatic heterocycles. The maximum atomic E-state index is 11.1. The van der Waals surface area contributed by atoms with Crippen LogP contribution in [0.15, 0.2) is 0 Å². The van der Waals surface area contributed by atoms with Crippen molar-refractivity contribution in [1.82, 2.24) is 10.6 Å². The van der Waals surface area contributed by atoms with Crippen LogP contribution in [0.2, 0.25) is 0 Å². The van der Waals surface area contributed by atoms with Gasteiger partial charge in [-0.2, -0.15) is 0 Å². The van der Waals surface area contributed by atoms with E-state index in [4.69, 9.17) is 0 Å². The molecular formula is C10H20N2O. The molecule has 3 heteroatoms. The molecule has 1 amide bonds. The first-order valence-corrected chi connectivity index (χ1v) is 5.33. The van der Waals surface area contributed by atoms with Crippen molar-refractivity contribution in [2.75, 3.05) is 13.1 Å². The summed E-state index contributed by atoms with van der Waals surface area (Å²) in [5, 5.41) is 6.24. The maximum absolute atomic E-state index is 11.1. The van der Waals surface area contributed by atoms with Crippen molar-refractivity contribution in [3.63, 3.8) is 0 Å². The lowest BCUT2D eigenvalue weighted by Gasteiger charge is -2.08. The highest BCUT2D eigenvalue weighted by atomic mass is 16.1. The van der Waals surface area contributed by atoms with Crippen molar-refractivity contribution in [3.8, 4) is 0 Å². The van der Waals surface area contributed by atoms with Crippen LogP contribution in [-0.4, -0.2) is 25.0 Å². The van der Waals surface area contributed by atoms with Gasteiger partial charge in [0.15, 0.2) is 0 Å². The lowest BCUT2D eigenvalue weighted by atomic mass is 10.1. The Hall–Kier alpha value is -0.570. The quantitative estimate of drug-likeness (QED) is 0.670. The highest BCUT2D eigenvalue weighted by Crippen LogP contribution is 2.11. The van der Waals surface area contributed by atoms with Crippen LogP contribution in [0.5, 0.6) is 0 Å². The van der Waals surface area contributed by atoms with Crippen molar-refractivity contribution in [3.05, 3.63) is 0 Å². The predicted molar refractivity (Wildman–Crippen MR) is 53.6 cm³/mol. The van der Waals surface area contributed by atoms with Crippen LogP contribution in [0.3, 0.4) is 0 Å². The molecule has 1 fully saturated rings. The second-order valence-electron chi connectivity index (χ2n) is 3.64. The molecule has 1 heterocycles. The molecule has 0 radical (unpaired) electrons. The molecular weight excluding hydrogens is 164 g/mol. The number of carbonyl (C=O) groups excluding carboxylic acids is 1. The molecule has 1 unspecified atom stereocenters. The van der Waals surface area contributed by atoms with Gasteiger partial charge in [0, 0.05) is 19.0 Å². The molecule has 0 saturated carbocycles. The molecule has 3 nitrogen and oxygen atoms in total. The highest BCUT2D eigenvalue weighted by molar-refractivity contribution is 5.75. The van der Waals surface area contributed by atoms with Gasteiger partial charge < -0.3 is 10.6 Å². The third-order valence-electron chi connectivity index (χ3n) is 2.49. The normalized spacial score (nSPS) is 21.8. The maximum Gasteiger partial charge on any atom is 0.219 e. The largest absolute Gasteiger partial charge is 0.356 e. The van der Waals surface area contributed by atoms with E-state index in [0.717, 1.165) is 25.9 Å². The Balaban J connectivity index is 1.96. The SMILES string of the molecule is CCNC(=O)CCCC1CCCN1. The first kappa shape index (κ1) is 10.5. The van der Waals surface area contributed by atoms with E-state index in [2.05, 4.69) is 10.6 Å². The van der Waals surface area contributed by atoms with E-state index in [9.17, 15) is 4.79 Å². The third-order valence-corrected chi connectivity index (χ3v) is 2.49. The fourth-order valence-electron chi connectivity index (χ4n) is 1.80. The standard InChI is InChI=1S/C10H20N2O/c1-2-11-10(13)7-3-5-9-6-4-8-12-9/h9,12H,2-8H2,1H3,(H,11,13). The van der Waals surface area contributed by atoms with Crippen molar-refractivity contribution < 1.29 is 4.79 Å². The van der Waals surface area contributed by atoms with Crippen LogP contribution in [0.4, 0.5) is 0 Å². The Kier molecular flexibility index (Phi) is 4.83. The van der Waals surface area contributed by atoms with Crippen LogP contribution in [0.25, 0.3) is 0 Å². The Morgan fingerprint density at radius 1 is 1.62 bits per heavy atom. The van der Waals surface area contributed by atoms with E-state index < -0.39 is 0 Å². The van der Waals surface area contributed by atoms with E-state index in [1.165, 1.54) is 12.8 Å².